The summed E-state index contributed by atoms with van der Waals surface area (Å²) in [5, 5.41) is 14.5. The van der Waals surface area contributed by atoms with Crippen LogP contribution in [-0.4, -0.2) is 34.1 Å². The summed E-state index contributed by atoms with van der Waals surface area (Å²) in [4.78, 5) is 22.4. The molecule has 1 aliphatic heterocycles. The fraction of sp³-hybridized carbons (Fsp3) is 0.278. The van der Waals surface area contributed by atoms with Crippen molar-refractivity contribution in [3.05, 3.63) is 41.4 Å². The van der Waals surface area contributed by atoms with E-state index in [9.17, 15) is 9.90 Å². The summed E-state index contributed by atoms with van der Waals surface area (Å²) in [6.45, 7) is 1.33. The van der Waals surface area contributed by atoms with Gasteiger partial charge in [-0.3, -0.25) is 4.79 Å². The van der Waals surface area contributed by atoms with E-state index in [1.165, 1.54) is 0 Å². The summed E-state index contributed by atoms with van der Waals surface area (Å²) in [6.07, 6.45) is 3.16. The van der Waals surface area contributed by atoms with Gasteiger partial charge >= 0.3 is 5.97 Å². The minimum Gasteiger partial charge on any atom is -0.481 e. The molecule has 2 aromatic heterocycles. The molecule has 1 N–H and O–H groups in total. The molecule has 3 aromatic rings. The lowest BCUT2D eigenvalue weighted by Crippen LogP contribution is -2.39. The molecular weight excluding hydrogens is 322 g/mol. The van der Waals surface area contributed by atoms with Gasteiger partial charge in [-0.15, -0.1) is 0 Å². The summed E-state index contributed by atoms with van der Waals surface area (Å²) in [5.41, 5.74) is 3.14. The average Bonchev–Trinajstić information content (AvgIpc) is 3.15. The minimum atomic E-state index is -0.726. The molecule has 1 aromatic carbocycles. The lowest BCUT2D eigenvalue weighted by Gasteiger charge is -2.32. The van der Waals surface area contributed by atoms with Crippen LogP contribution in [0.2, 0.25) is 0 Å². The lowest BCUT2D eigenvalue weighted by molar-refractivity contribution is -0.141. The Bertz CT molecular complexity index is 874. The van der Waals surface area contributed by atoms with E-state index in [2.05, 4.69) is 37.8 Å². The number of piperidine rings is 1. The van der Waals surface area contributed by atoms with E-state index in [1.807, 2.05) is 12.1 Å². The van der Waals surface area contributed by atoms with Gasteiger partial charge in [-0.1, -0.05) is 12.1 Å². The first kappa shape index (κ1) is 15.1. The molecule has 1 aliphatic rings. The third kappa shape index (κ3) is 2.63. The third-order valence-electron chi connectivity index (χ3n) is 4.55. The number of aliphatic carboxylic acids is 1. The molecule has 6 heteroatoms. The smallest absolute Gasteiger partial charge is 0.308 e. The van der Waals surface area contributed by atoms with Crippen molar-refractivity contribution in [2.75, 3.05) is 18.0 Å². The molecule has 1 saturated heterocycles. The number of carboxylic acids is 1. The van der Waals surface area contributed by atoms with E-state index in [-0.39, 0.29) is 5.92 Å². The van der Waals surface area contributed by atoms with Crippen molar-refractivity contribution >= 4 is 34.0 Å². The minimum absolute atomic E-state index is 0.336. The summed E-state index contributed by atoms with van der Waals surface area (Å²) >= 11 is 1.66. The number of hydrogen-bond donors (Lipinski definition) is 1. The monoisotopic (exact) mass is 339 g/mol. The van der Waals surface area contributed by atoms with Gasteiger partial charge in [-0.05, 0) is 46.9 Å². The third-order valence-corrected chi connectivity index (χ3v) is 5.23. The molecular formula is C18H17N3O2S. The van der Waals surface area contributed by atoms with Crippen molar-refractivity contribution < 1.29 is 9.90 Å². The van der Waals surface area contributed by atoms with Crippen LogP contribution in [0.5, 0.6) is 0 Å². The number of anilines is 1. The highest BCUT2D eigenvalue weighted by atomic mass is 32.1. The SMILES string of the molecule is O=C(O)C1CCCN(c2ncnc3cccc(-c4ccsc4)c23)C1. The highest BCUT2D eigenvalue weighted by Crippen LogP contribution is 2.35. The molecule has 24 heavy (non-hydrogen) atoms. The number of carbonyl (C=O) groups is 1. The van der Waals surface area contributed by atoms with Crippen LogP contribution in [0.1, 0.15) is 12.8 Å². The number of nitrogens with zero attached hydrogens (tertiary/aromatic N) is 3. The number of fused-ring (bicyclic) bond motifs is 1. The van der Waals surface area contributed by atoms with Crippen molar-refractivity contribution in [2.45, 2.75) is 12.8 Å². The van der Waals surface area contributed by atoms with Crippen molar-refractivity contribution in [3.63, 3.8) is 0 Å². The van der Waals surface area contributed by atoms with Gasteiger partial charge in [0, 0.05) is 13.1 Å². The number of rotatable bonds is 3. The summed E-state index contributed by atoms with van der Waals surface area (Å²) in [6, 6.07) is 8.15. The van der Waals surface area contributed by atoms with Crippen molar-refractivity contribution in [3.8, 4) is 11.1 Å². The zero-order chi connectivity index (χ0) is 16.5. The maximum Gasteiger partial charge on any atom is 0.308 e. The Morgan fingerprint density at radius 1 is 1.29 bits per heavy atom. The van der Waals surface area contributed by atoms with Crippen LogP contribution in [0, 0.1) is 5.92 Å². The topological polar surface area (TPSA) is 66.3 Å². The predicted molar refractivity (Wildman–Crippen MR) is 95.4 cm³/mol. The second-order valence-electron chi connectivity index (χ2n) is 6.03. The number of aromatic nitrogens is 2. The van der Waals surface area contributed by atoms with E-state index >= 15 is 0 Å². The van der Waals surface area contributed by atoms with Crippen molar-refractivity contribution in [2.24, 2.45) is 5.92 Å². The van der Waals surface area contributed by atoms with Crippen LogP contribution in [-0.2, 0) is 4.79 Å². The first-order valence-electron chi connectivity index (χ1n) is 7.98. The van der Waals surface area contributed by atoms with Gasteiger partial charge in [0.1, 0.15) is 12.1 Å². The van der Waals surface area contributed by atoms with Crippen molar-refractivity contribution in [1.29, 1.82) is 0 Å². The zero-order valence-corrected chi connectivity index (χ0v) is 13.9. The zero-order valence-electron chi connectivity index (χ0n) is 13.1. The molecule has 1 fully saturated rings. The Kier molecular flexibility index (Phi) is 3.90. The predicted octanol–water partition coefficient (Wildman–Crippen LogP) is 3.66. The maximum absolute atomic E-state index is 11.4. The maximum atomic E-state index is 11.4. The number of carboxylic acid groups (broad SMARTS) is 1. The van der Waals surface area contributed by atoms with Gasteiger partial charge in [0.25, 0.3) is 0 Å². The molecule has 0 aliphatic carbocycles. The second-order valence-corrected chi connectivity index (χ2v) is 6.81. The molecule has 0 bridgehead atoms. The molecule has 0 amide bonds. The van der Waals surface area contributed by atoms with E-state index in [0.29, 0.717) is 6.54 Å². The van der Waals surface area contributed by atoms with Gasteiger partial charge in [0.05, 0.1) is 16.8 Å². The van der Waals surface area contributed by atoms with Crippen molar-refractivity contribution in [1.82, 2.24) is 9.97 Å². The number of hydrogen-bond acceptors (Lipinski definition) is 5. The second kappa shape index (κ2) is 6.20. The highest BCUT2D eigenvalue weighted by Gasteiger charge is 2.27. The fourth-order valence-corrected chi connectivity index (χ4v) is 4.02. The largest absolute Gasteiger partial charge is 0.481 e. The Morgan fingerprint density at radius 3 is 3.00 bits per heavy atom. The van der Waals surface area contributed by atoms with Crippen LogP contribution in [0.25, 0.3) is 22.0 Å². The molecule has 1 unspecified atom stereocenters. The van der Waals surface area contributed by atoms with E-state index < -0.39 is 5.97 Å². The van der Waals surface area contributed by atoms with Gasteiger partial charge in [0.15, 0.2) is 0 Å². The molecule has 4 rings (SSSR count). The molecule has 0 saturated carbocycles. The molecule has 0 radical (unpaired) electrons. The normalized spacial score (nSPS) is 18.0. The lowest BCUT2D eigenvalue weighted by atomic mass is 9.97. The van der Waals surface area contributed by atoms with Gasteiger partial charge in [-0.25, -0.2) is 9.97 Å². The summed E-state index contributed by atoms with van der Waals surface area (Å²) in [5.74, 6) is -0.221. The van der Waals surface area contributed by atoms with E-state index in [4.69, 9.17) is 0 Å². The Hall–Kier alpha value is -2.47. The summed E-state index contributed by atoms with van der Waals surface area (Å²) in [7, 11) is 0. The van der Waals surface area contributed by atoms with Crippen LogP contribution in [0.4, 0.5) is 5.82 Å². The first-order valence-corrected chi connectivity index (χ1v) is 8.92. The quantitative estimate of drug-likeness (QED) is 0.789. The Balaban J connectivity index is 1.85. The molecule has 1 atom stereocenters. The molecule has 0 spiro atoms. The van der Waals surface area contributed by atoms with E-state index in [1.54, 1.807) is 17.7 Å². The van der Waals surface area contributed by atoms with Crippen LogP contribution < -0.4 is 4.90 Å². The van der Waals surface area contributed by atoms with Gasteiger partial charge in [0.2, 0.25) is 0 Å². The Morgan fingerprint density at radius 2 is 2.21 bits per heavy atom. The van der Waals surface area contributed by atoms with Crippen LogP contribution in [0.15, 0.2) is 41.4 Å². The number of thiophene rings is 1. The standard InChI is InChI=1S/C18H17N3O2S/c22-18(23)12-3-2-7-21(9-12)17-16-14(13-6-8-24-10-13)4-1-5-15(16)19-11-20-17/h1,4-6,8,10-12H,2-3,7,9H2,(H,22,23). The highest BCUT2D eigenvalue weighted by molar-refractivity contribution is 7.08. The fourth-order valence-electron chi connectivity index (χ4n) is 3.36. The van der Waals surface area contributed by atoms with E-state index in [0.717, 1.165) is 47.2 Å². The van der Waals surface area contributed by atoms with Crippen LogP contribution >= 0.6 is 11.3 Å². The average molecular weight is 339 g/mol. The first-order chi connectivity index (χ1) is 11.7. The molecule has 122 valence electrons. The summed E-state index contributed by atoms with van der Waals surface area (Å²) < 4.78 is 0. The van der Waals surface area contributed by atoms with Crippen LogP contribution in [0.3, 0.4) is 0 Å². The molecule has 3 heterocycles. The molecule has 5 nitrogen and oxygen atoms in total. The number of benzene rings is 1. The van der Waals surface area contributed by atoms with Gasteiger partial charge < -0.3 is 10.0 Å². The Labute approximate surface area is 143 Å². The van der Waals surface area contributed by atoms with Gasteiger partial charge in [-0.2, -0.15) is 11.3 Å².